The third-order valence-corrected chi connectivity index (χ3v) is 3.22. The maximum Gasteiger partial charge on any atom is 0.178 e. The number of hydrogen-bond donors (Lipinski definition) is 1. The highest BCUT2D eigenvalue weighted by Crippen LogP contribution is 2.18. The first-order valence-electron chi connectivity index (χ1n) is 6.00. The van der Waals surface area contributed by atoms with E-state index in [9.17, 15) is 0 Å². The molecule has 0 aliphatic rings. The van der Waals surface area contributed by atoms with Crippen LogP contribution >= 0.6 is 12.2 Å². The molecule has 3 nitrogen and oxygen atoms in total. The van der Waals surface area contributed by atoms with Gasteiger partial charge in [-0.1, -0.05) is 12.1 Å². The summed E-state index contributed by atoms with van der Waals surface area (Å²) in [6.45, 7) is 6.58. The van der Waals surface area contributed by atoms with Gasteiger partial charge in [-0.15, -0.1) is 0 Å². The third-order valence-electron chi connectivity index (χ3n) is 2.89. The molecule has 0 bridgehead atoms. The Morgan fingerprint density at radius 2 is 2.24 bits per heavy atom. The predicted octanol–water partition coefficient (Wildman–Crippen LogP) is 3.43. The SMILES string of the molecule is CCOCCCn1c(=S)[nH]c2c(C)cccc21. The van der Waals surface area contributed by atoms with Crippen LogP contribution in [0.5, 0.6) is 0 Å². The molecular weight excluding hydrogens is 232 g/mol. The van der Waals surface area contributed by atoms with E-state index in [1.54, 1.807) is 0 Å². The molecule has 17 heavy (non-hydrogen) atoms. The van der Waals surface area contributed by atoms with Gasteiger partial charge in [0.1, 0.15) is 0 Å². The van der Waals surface area contributed by atoms with Crippen LogP contribution in [0.15, 0.2) is 18.2 Å². The number of rotatable bonds is 5. The predicted molar refractivity (Wildman–Crippen MR) is 73.0 cm³/mol. The number of ether oxygens (including phenoxy) is 1. The lowest BCUT2D eigenvalue weighted by atomic mass is 10.2. The van der Waals surface area contributed by atoms with Crippen molar-refractivity contribution in [3.8, 4) is 0 Å². The van der Waals surface area contributed by atoms with Crippen molar-refractivity contribution in [2.45, 2.75) is 26.8 Å². The Kier molecular flexibility index (Phi) is 3.97. The third kappa shape index (κ3) is 2.58. The minimum atomic E-state index is 0.776. The van der Waals surface area contributed by atoms with E-state index in [1.807, 2.05) is 6.92 Å². The fourth-order valence-corrected chi connectivity index (χ4v) is 2.31. The number of hydrogen-bond acceptors (Lipinski definition) is 2. The molecule has 1 N–H and O–H groups in total. The number of fused-ring (bicyclic) bond motifs is 1. The molecule has 0 radical (unpaired) electrons. The van der Waals surface area contributed by atoms with Crippen LogP contribution in [0.3, 0.4) is 0 Å². The standard InChI is InChI=1S/C13H18N2OS/c1-3-16-9-5-8-15-11-7-4-6-10(2)12(11)14-13(15)17/h4,6-7H,3,5,8-9H2,1-2H3,(H,14,17). The van der Waals surface area contributed by atoms with Crippen LogP contribution in [-0.2, 0) is 11.3 Å². The van der Waals surface area contributed by atoms with Gasteiger partial charge in [0.05, 0.1) is 11.0 Å². The van der Waals surface area contributed by atoms with Crippen LogP contribution < -0.4 is 0 Å². The van der Waals surface area contributed by atoms with Crippen molar-refractivity contribution in [1.82, 2.24) is 9.55 Å². The van der Waals surface area contributed by atoms with Gasteiger partial charge in [0.15, 0.2) is 4.77 Å². The van der Waals surface area contributed by atoms with E-state index < -0.39 is 0 Å². The van der Waals surface area contributed by atoms with E-state index >= 15 is 0 Å². The Morgan fingerprint density at radius 3 is 3.00 bits per heavy atom. The molecule has 0 saturated carbocycles. The number of benzene rings is 1. The van der Waals surface area contributed by atoms with Crippen molar-refractivity contribution in [1.29, 1.82) is 0 Å². The summed E-state index contributed by atoms with van der Waals surface area (Å²) in [5.74, 6) is 0. The average Bonchev–Trinajstić information content (AvgIpc) is 2.63. The van der Waals surface area contributed by atoms with Crippen molar-refractivity contribution in [3.63, 3.8) is 0 Å². The van der Waals surface area contributed by atoms with Gasteiger partial charge in [-0.05, 0) is 44.1 Å². The Hall–Kier alpha value is -1.13. The van der Waals surface area contributed by atoms with Gasteiger partial charge in [-0.3, -0.25) is 0 Å². The Bertz CT molecular complexity index is 556. The molecule has 0 saturated heterocycles. The lowest BCUT2D eigenvalue weighted by Gasteiger charge is -2.05. The minimum absolute atomic E-state index is 0.776. The zero-order valence-electron chi connectivity index (χ0n) is 10.3. The molecular formula is C13H18N2OS. The molecule has 0 aliphatic heterocycles. The highest BCUT2D eigenvalue weighted by Gasteiger charge is 2.05. The van der Waals surface area contributed by atoms with E-state index in [0.29, 0.717) is 0 Å². The fraction of sp³-hybridized carbons (Fsp3) is 0.462. The van der Waals surface area contributed by atoms with Crippen LogP contribution in [-0.4, -0.2) is 22.8 Å². The minimum Gasteiger partial charge on any atom is -0.382 e. The Morgan fingerprint density at radius 1 is 1.41 bits per heavy atom. The smallest absolute Gasteiger partial charge is 0.178 e. The van der Waals surface area contributed by atoms with Crippen molar-refractivity contribution in [2.75, 3.05) is 13.2 Å². The molecule has 0 unspecified atom stereocenters. The second-order valence-corrected chi connectivity index (χ2v) is 4.49. The molecule has 4 heteroatoms. The number of aromatic nitrogens is 2. The number of para-hydroxylation sites is 1. The molecule has 2 rings (SSSR count). The number of aromatic amines is 1. The van der Waals surface area contributed by atoms with E-state index in [4.69, 9.17) is 17.0 Å². The molecule has 0 amide bonds. The van der Waals surface area contributed by atoms with E-state index in [1.165, 1.54) is 11.1 Å². The summed E-state index contributed by atoms with van der Waals surface area (Å²) in [6.07, 6.45) is 0.989. The van der Waals surface area contributed by atoms with E-state index in [2.05, 4.69) is 34.7 Å². The molecule has 1 aromatic heterocycles. The first-order valence-corrected chi connectivity index (χ1v) is 6.40. The van der Waals surface area contributed by atoms with Crippen LogP contribution in [0.1, 0.15) is 18.9 Å². The second kappa shape index (κ2) is 5.47. The molecule has 92 valence electrons. The first-order chi connectivity index (χ1) is 8.24. The van der Waals surface area contributed by atoms with Crippen molar-refractivity contribution in [2.24, 2.45) is 0 Å². The molecule has 1 heterocycles. The summed E-state index contributed by atoms with van der Waals surface area (Å²) in [4.78, 5) is 3.27. The van der Waals surface area contributed by atoms with Crippen molar-refractivity contribution < 1.29 is 4.74 Å². The maximum absolute atomic E-state index is 5.36. The van der Waals surface area contributed by atoms with Crippen LogP contribution in [0, 0.1) is 11.7 Å². The van der Waals surface area contributed by atoms with Gasteiger partial charge in [0, 0.05) is 19.8 Å². The largest absolute Gasteiger partial charge is 0.382 e. The van der Waals surface area contributed by atoms with Crippen LogP contribution in [0.4, 0.5) is 0 Å². The zero-order chi connectivity index (χ0) is 12.3. The first kappa shape index (κ1) is 12.3. The summed E-state index contributed by atoms with van der Waals surface area (Å²) in [6, 6.07) is 6.27. The lowest BCUT2D eigenvalue weighted by molar-refractivity contribution is 0.142. The summed E-state index contributed by atoms with van der Waals surface area (Å²) in [5.41, 5.74) is 3.57. The summed E-state index contributed by atoms with van der Waals surface area (Å²) in [5, 5.41) is 0. The normalized spacial score (nSPS) is 11.2. The van der Waals surface area contributed by atoms with Gasteiger partial charge in [-0.2, -0.15) is 0 Å². The second-order valence-electron chi connectivity index (χ2n) is 4.10. The average molecular weight is 250 g/mol. The Labute approximate surface area is 106 Å². The monoisotopic (exact) mass is 250 g/mol. The summed E-state index contributed by atoms with van der Waals surface area (Å²) in [7, 11) is 0. The van der Waals surface area contributed by atoms with Crippen LogP contribution in [0.25, 0.3) is 11.0 Å². The quantitative estimate of drug-likeness (QED) is 0.651. The van der Waals surface area contributed by atoms with E-state index in [0.717, 1.165) is 36.5 Å². The number of nitrogens with one attached hydrogen (secondary N) is 1. The fourth-order valence-electron chi connectivity index (χ4n) is 2.01. The molecule has 0 atom stereocenters. The van der Waals surface area contributed by atoms with Gasteiger partial charge < -0.3 is 14.3 Å². The van der Waals surface area contributed by atoms with Gasteiger partial charge in [0.25, 0.3) is 0 Å². The molecule has 0 fully saturated rings. The maximum atomic E-state index is 5.36. The number of imidazole rings is 1. The highest BCUT2D eigenvalue weighted by atomic mass is 32.1. The van der Waals surface area contributed by atoms with Gasteiger partial charge >= 0.3 is 0 Å². The lowest BCUT2D eigenvalue weighted by Crippen LogP contribution is -2.02. The van der Waals surface area contributed by atoms with Crippen molar-refractivity contribution in [3.05, 3.63) is 28.5 Å². The van der Waals surface area contributed by atoms with Gasteiger partial charge in [-0.25, -0.2) is 0 Å². The number of nitrogens with zero attached hydrogens (tertiary/aromatic N) is 1. The van der Waals surface area contributed by atoms with Crippen LogP contribution in [0.2, 0.25) is 0 Å². The zero-order valence-corrected chi connectivity index (χ0v) is 11.1. The molecule has 2 aromatic rings. The molecule has 0 spiro atoms. The number of H-pyrrole nitrogens is 1. The van der Waals surface area contributed by atoms with Crippen molar-refractivity contribution >= 4 is 23.3 Å². The Balaban J connectivity index is 2.25. The summed E-state index contributed by atoms with van der Waals surface area (Å²) < 4.78 is 8.30. The van der Waals surface area contributed by atoms with E-state index in [-0.39, 0.29) is 0 Å². The topological polar surface area (TPSA) is 29.9 Å². The highest BCUT2D eigenvalue weighted by molar-refractivity contribution is 7.71. The van der Waals surface area contributed by atoms with Gasteiger partial charge in [0.2, 0.25) is 0 Å². The number of aryl methyl sites for hydroxylation is 2. The summed E-state index contributed by atoms with van der Waals surface area (Å²) >= 11 is 5.36. The molecule has 0 aliphatic carbocycles. The molecule has 1 aromatic carbocycles.